The number of methoxy groups -OCH3 is 1. The van der Waals surface area contributed by atoms with Gasteiger partial charge in [0.25, 0.3) is 0 Å². The van der Waals surface area contributed by atoms with Crippen LogP contribution in [-0.2, 0) is 11.2 Å². The van der Waals surface area contributed by atoms with Gasteiger partial charge in [-0.3, -0.25) is 9.78 Å². The molecule has 4 aromatic rings. The van der Waals surface area contributed by atoms with Crippen molar-refractivity contribution in [1.82, 2.24) is 4.98 Å². The number of ether oxygens (including phenoxy) is 3. The predicted octanol–water partition coefficient (Wildman–Crippen LogP) is 2.90. The third-order valence-corrected chi connectivity index (χ3v) is 6.91. The molecule has 0 radical (unpaired) electrons. The summed E-state index contributed by atoms with van der Waals surface area (Å²) in [5, 5.41) is 12.2. The molecular formula is C30H22Cl2NNaO6. The van der Waals surface area contributed by atoms with Crippen LogP contribution in [0.15, 0.2) is 72.8 Å². The van der Waals surface area contributed by atoms with Gasteiger partial charge in [-0.15, -0.1) is 0 Å². The van der Waals surface area contributed by atoms with Gasteiger partial charge in [0.2, 0.25) is 0 Å². The number of nitrogens with zero attached hydrogens (tertiary/aromatic N) is 1. The van der Waals surface area contributed by atoms with E-state index in [1.165, 1.54) is 6.07 Å². The van der Waals surface area contributed by atoms with Crippen molar-refractivity contribution in [1.29, 1.82) is 0 Å². The summed E-state index contributed by atoms with van der Waals surface area (Å²) in [7, 11) is 1.57. The first-order chi connectivity index (χ1) is 18.8. The third kappa shape index (κ3) is 6.62. The van der Waals surface area contributed by atoms with E-state index >= 15 is 0 Å². The molecule has 0 bridgehead atoms. The summed E-state index contributed by atoms with van der Waals surface area (Å²) in [6.07, 6.45) is 0.425. The smallest absolute Gasteiger partial charge is 0.549 e. The fourth-order valence-electron chi connectivity index (χ4n) is 4.42. The number of halogens is 2. The topological polar surface area (TPSA) is 97.8 Å². The van der Waals surface area contributed by atoms with E-state index in [1.54, 1.807) is 55.6 Å². The molecule has 7 nitrogen and oxygen atoms in total. The molecular weight excluding hydrogens is 564 g/mol. The minimum Gasteiger partial charge on any atom is -0.549 e. The van der Waals surface area contributed by atoms with Crippen molar-refractivity contribution in [3.8, 4) is 34.3 Å². The number of benzene rings is 3. The third-order valence-electron chi connectivity index (χ3n) is 6.38. The molecule has 1 aliphatic heterocycles. The molecule has 1 atom stereocenters. The van der Waals surface area contributed by atoms with Crippen LogP contribution in [0.25, 0.3) is 11.3 Å². The molecule has 5 rings (SSSR count). The van der Waals surface area contributed by atoms with Gasteiger partial charge in [-0.25, -0.2) is 0 Å². The second-order valence-electron chi connectivity index (χ2n) is 8.91. The number of carboxylic acids is 1. The van der Waals surface area contributed by atoms with Crippen LogP contribution >= 0.6 is 23.2 Å². The van der Waals surface area contributed by atoms with Crippen molar-refractivity contribution in [2.75, 3.05) is 13.7 Å². The number of rotatable bonds is 8. The van der Waals surface area contributed by atoms with Crippen LogP contribution in [-0.4, -0.2) is 30.5 Å². The van der Waals surface area contributed by atoms with Crippen LogP contribution in [0.5, 0.6) is 23.0 Å². The summed E-state index contributed by atoms with van der Waals surface area (Å²) < 4.78 is 16.9. The van der Waals surface area contributed by atoms with Crippen molar-refractivity contribution < 1.29 is 58.5 Å². The Kier molecular flexibility index (Phi) is 9.77. The Morgan fingerprint density at radius 1 is 1.02 bits per heavy atom. The Labute approximate surface area is 263 Å². The number of hydrogen-bond donors (Lipinski definition) is 0. The van der Waals surface area contributed by atoms with Crippen LogP contribution < -0.4 is 48.9 Å². The van der Waals surface area contributed by atoms with E-state index < -0.39 is 11.9 Å². The first kappa shape index (κ1) is 29.9. The molecule has 0 amide bonds. The van der Waals surface area contributed by atoms with E-state index in [0.717, 1.165) is 5.56 Å². The van der Waals surface area contributed by atoms with Gasteiger partial charge in [0.15, 0.2) is 5.78 Å². The predicted molar refractivity (Wildman–Crippen MR) is 145 cm³/mol. The maximum Gasteiger partial charge on any atom is 1.00 e. The van der Waals surface area contributed by atoms with Gasteiger partial charge >= 0.3 is 29.6 Å². The molecule has 2 heterocycles. The number of pyridine rings is 1. The molecule has 0 fully saturated rings. The Morgan fingerprint density at radius 2 is 1.80 bits per heavy atom. The number of ketones is 1. The molecule has 198 valence electrons. The zero-order valence-corrected chi connectivity index (χ0v) is 25.3. The van der Waals surface area contributed by atoms with E-state index in [-0.39, 0.29) is 53.4 Å². The number of carbonyl (C=O) groups is 2. The largest absolute Gasteiger partial charge is 1.00 e. The summed E-state index contributed by atoms with van der Waals surface area (Å²) in [4.78, 5) is 29.1. The SMILES string of the molecule is COc1cc(Cl)ccc1-c1cccc(CC(=O)c2ccc(Oc3cc4c(cc3Cl)C(C(=O)[O-])CCO4)cc2)n1.[Na+]. The summed E-state index contributed by atoms with van der Waals surface area (Å²) in [6, 6.07) is 20.6. The standard InChI is InChI=1S/C30H23Cl2NO6.Na/c1-37-27-13-18(31)7-10-22(27)25-4-2-3-19(33-25)14-26(34)17-5-8-20(9-6-17)39-29-16-28-23(15-24(29)32)21(30(35)36)11-12-38-28;/h2-10,13,15-16,21H,11-12,14H2,1H3,(H,35,36);/q;+1/p-1. The van der Waals surface area contributed by atoms with E-state index in [4.69, 9.17) is 37.4 Å². The normalized spacial score (nSPS) is 13.8. The van der Waals surface area contributed by atoms with E-state index in [9.17, 15) is 14.7 Å². The van der Waals surface area contributed by atoms with Gasteiger partial charge in [0, 0.05) is 45.4 Å². The van der Waals surface area contributed by atoms with Crippen molar-refractivity contribution in [3.05, 3.63) is 99.7 Å². The molecule has 0 aliphatic carbocycles. The van der Waals surface area contributed by atoms with Crippen LogP contribution in [0.1, 0.15) is 34.0 Å². The average molecular weight is 586 g/mol. The van der Waals surface area contributed by atoms with Gasteiger partial charge in [-0.1, -0.05) is 29.3 Å². The molecule has 10 heteroatoms. The van der Waals surface area contributed by atoms with Crippen molar-refractivity contribution in [2.24, 2.45) is 0 Å². The Balaban J connectivity index is 0.00000370. The first-order valence-electron chi connectivity index (χ1n) is 12.1. The van der Waals surface area contributed by atoms with Crippen molar-refractivity contribution in [3.63, 3.8) is 0 Å². The summed E-state index contributed by atoms with van der Waals surface area (Å²) in [5.41, 5.74) is 3.03. The second-order valence-corrected chi connectivity index (χ2v) is 9.76. The number of carbonyl (C=O) groups excluding carboxylic acids is 2. The Morgan fingerprint density at radius 3 is 2.52 bits per heavy atom. The molecule has 40 heavy (non-hydrogen) atoms. The summed E-state index contributed by atoms with van der Waals surface area (Å²) in [6.45, 7) is 0.258. The summed E-state index contributed by atoms with van der Waals surface area (Å²) in [5.74, 6) is -0.304. The van der Waals surface area contributed by atoms with Crippen LogP contribution in [0.4, 0.5) is 0 Å². The fraction of sp³-hybridized carbons (Fsp3) is 0.167. The van der Waals surface area contributed by atoms with Gasteiger partial charge < -0.3 is 24.1 Å². The zero-order valence-electron chi connectivity index (χ0n) is 21.8. The number of aliphatic carboxylic acids is 1. The number of Topliss-reactive ketones (excluding diaryl/α,β-unsaturated/α-hetero) is 1. The summed E-state index contributed by atoms with van der Waals surface area (Å²) >= 11 is 12.4. The van der Waals surface area contributed by atoms with Gasteiger partial charge in [-0.05, 0) is 67.1 Å². The average Bonchev–Trinajstić information content (AvgIpc) is 2.93. The molecule has 3 aromatic carbocycles. The van der Waals surface area contributed by atoms with Crippen LogP contribution in [0.2, 0.25) is 10.0 Å². The maximum absolute atomic E-state index is 13.0. The monoisotopic (exact) mass is 585 g/mol. The second kappa shape index (κ2) is 13.1. The Bertz CT molecular complexity index is 1560. The molecule has 0 saturated carbocycles. The van der Waals surface area contributed by atoms with E-state index in [2.05, 4.69) is 4.98 Å². The van der Waals surface area contributed by atoms with E-state index in [1.807, 2.05) is 18.2 Å². The van der Waals surface area contributed by atoms with Crippen LogP contribution in [0, 0.1) is 0 Å². The number of carboxylic acid groups (broad SMARTS) is 1. The maximum atomic E-state index is 13.0. The Hall–Kier alpha value is -3.07. The quantitative estimate of drug-likeness (QED) is 0.232. The minimum absolute atomic E-state index is 0. The number of fused-ring (bicyclic) bond motifs is 1. The van der Waals surface area contributed by atoms with Gasteiger partial charge in [0.05, 0.1) is 30.9 Å². The molecule has 0 spiro atoms. The van der Waals surface area contributed by atoms with E-state index in [0.29, 0.717) is 57.0 Å². The van der Waals surface area contributed by atoms with Gasteiger partial charge in [0.1, 0.15) is 23.0 Å². The molecule has 0 N–H and O–H groups in total. The fourth-order valence-corrected chi connectivity index (χ4v) is 4.79. The molecule has 0 saturated heterocycles. The number of aromatic nitrogens is 1. The zero-order chi connectivity index (χ0) is 27.5. The van der Waals surface area contributed by atoms with Crippen molar-refractivity contribution >= 4 is 35.0 Å². The minimum atomic E-state index is -1.17. The molecule has 1 unspecified atom stereocenters. The number of hydrogen-bond acceptors (Lipinski definition) is 7. The first-order valence-corrected chi connectivity index (χ1v) is 12.9. The molecule has 1 aromatic heterocycles. The van der Waals surface area contributed by atoms with Crippen LogP contribution in [0.3, 0.4) is 0 Å². The molecule has 1 aliphatic rings. The van der Waals surface area contributed by atoms with Crippen molar-refractivity contribution in [2.45, 2.75) is 18.8 Å². The van der Waals surface area contributed by atoms with Gasteiger partial charge in [-0.2, -0.15) is 0 Å².